The topological polar surface area (TPSA) is 86.2 Å². The number of rotatable bonds is 3. The summed E-state index contributed by atoms with van der Waals surface area (Å²) in [6, 6.07) is 6.69. The second kappa shape index (κ2) is 7.90. The minimum atomic E-state index is -1.12. The van der Waals surface area contributed by atoms with Gasteiger partial charge in [0.15, 0.2) is 11.6 Å². The zero-order chi connectivity index (χ0) is 22.2. The molecule has 1 unspecified atom stereocenters. The zero-order valence-corrected chi connectivity index (χ0v) is 17.3. The average molecular weight is 415 g/mol. The highest BCUT2D eigenvalue weighted by Gasteiger charge is 2.41. The quantitative estimate of drug-likeness (QED) is 0.776. The van der Waals surface area contributed by atoms with E-state index in [1.165, 1.54) is 11.0 Å². The molecule has 1 aromatic carbocycles. The first kappa shape index (κ1) is 21.5. The van der Waals surface area contributed by atoms with Crippen molar-refractivity contribution in [2.45, 2.75) is 45.1 Å². The minimum Gasteiger partial charge on any atom is -0.462 e. The molecule has 0 saturated heterocycles. The summed E-state index contributed by atoms with van der Waals surface area (Å²) >= 11 is 0. The molecule has 0 aliphatic carbocycles. The van der Waals surface area contributed by atoms with Crippen LogP contribution in [0.25, 0.3) is 0 Å². The van der Waals surface area contributed by atoms with Crippen molar-refractivity contribution >= 4 is 11.9 Å². The summed E-state index contributed by atoms with van der Waals surface area (Å²) in [6.07, 6.45) is -0.363. The van der Waals surface area contributed by atoms with Crippen molar-refractivity contribution < 1.29 is 23.1 Å². The predicted octanol–water partition coefficient (Wildman–Crippen LogP) is 3.63. The van der Waals surface area contributed by atoms with Crippen LogP contribution in [-0.4, -0.2) is 41.0 Å². The third-order valence-electron chi connectivity index (χ3n) is 5.13. The van der Waals surface area contributed by atoms with Crippen LogP contribution in [-0.2, 0) is 14.9 Å². The van der Waals surface area contributed by atoms with E-state index >= 15 is 0 Å². The number of H-pyrrole nitrogens is 1. The number of benzene rings is 1. The van der Waals surface area contributed by atoms with E-state index < -0.39 is 34.8 Å². The van der Waals surface area contributed by atoms with Crippen LogP contribution in [0.4, 0.5) is 8.78 Å². The Hall–Kier alpha value is -3.21. The number of aromatic amines is 1. The second-order valence-electron chi connectivity index (χ2n) is 8.36. The van der Waals surface area contributed by atoms with Crippen molar-refractivity contribution in [3.8, 4) is 6.07 Å². The van der Waals surface area contributed by atoms with Gasteiger partial charge in [-0.3, -0.25) is 9.59 Å². The Balaban J connectivity index is 2.05. The number of nitriles is 1. The van der Waals surface area contributed by atoms with E-state index in [1.807, 2.05) is 19.9 Å². The summed E-state index contributed by atoms with van der Waals surface area (Å²) in [5, 5.41) is 9.31. The van der Waals surface area contributed by atoms with Gasteiger partial charge < -0.3 is 14.6 Å². The highest BCUT2D eigenvalue weighted by molar-refractivity contribution is 5.95. The minimum absolute atomic E-state index is 0.0102. The second-order valence-corrected chi connectivity index (χ2v) is 8.36. The number of halogens is 2. The standard InChI is InChI=1S/C22H23F2N3O3/c1-12(2)30-21(29)15-10-27(20(28)13-5-6-17(23)18(24)7-13)11-22(3,4)16-8-14(9-25)26-19(15)16/h5-8,12,15,26H,10-11H2,1-4H3. The van der Waals surface area contributed by atoms with Crippen LogP contribution in [0.5, 0.6) is 0 Å². The Morgan fingerprint density at radius 1 is 1.27 bits per heavy atom. The lowest BCUT2D eigenvalue weighted by atomic mass is 9.83. The first-order valence-corrected chi connectivity index (χ1v) is 9.61. The molecule has 8 heteroatoms. The van der Waals surface area contributed by atoms with Gasteiger partial charge in [0, 0.05) is 29.8 Å². The number of hydrogen-bond acceptors (Lipinski definition) is 4. The van der Waals surface area contributed by atoms with Gasteiger partial charge in [-0.25, -0.2) is 8.78 Å². The molecule has 6 nitrogen and oxygen atoms in total. The maximum absolute atomic E-state index is 13.7. The number of ether oxygens (including phenoxy) is 1. The van der Waals surface area contributed by atoms with E-state index in [0.29, 0.717) is 11.4 Å². The third kappa shape index (κ3) is 4.06. The zero-order valence-electron chi connectivity index (χ0n) is 17.3. The van der Waals surface area contributed by atoms with Gasteiger partial charge in [-0.15, -0.1) is 0 Å². The van der Waals surface area contributed by atoms with Crippen molar-refractivity contribution in [3.63, 3.8) is 0 Å². The third-order valence-corrected chi connectivity index (χ3v) is 5.13. The molecule has 0 fully saturated rings. The average Bonchev–Trinajstić information content (AvgIpc) is 3.07. The number of carbonyl (C=O) groups is 2. The molecule has 2 aromatic rings. The lowest BCUT2D eigenvalue weighted by molar-refractivity contribution is -0.149. The molecule has 0 radical (unpaired) electrons. The van der Waals surface area contributed by atoms with E-state index in [-0.39, 0.29) is 24.8 Å². The molecule has 3 rings (SSSR count). The highest BCUT2D eigenvalue weighted by Crippen LogP contribution is 2.37. The maximum Gasteiger partial charge on any atom is 0.317 e. The number of nitrogens with zero attached hydrogens (tertiary/aromatic N) is 2. The van der Waals surface area contributed by atoms with E-state index in [9.17, 15) is 23.6 Å². The van der Waals surface area contributed by atoms with Crippen molar-refractivity contribution in [1.82, 2.24) is 9.88 Å². The molecule has 0 spiro atoms. The largest absolute Gasteiger partial charge is 0.462 e. The summed E-state index contributed by atoms with van der Waals surface area (Å²) in [7, 11) is 0. The molecule has 0 bridgehead atoms. The van der Waals surface area contributed by atoms with E-state index in [2.05, 4.69) is 4.98 Å². The first-order chi connectivity index (χ1) is 14.0. The van der Waals surface area contributed by atoms with Crippen LogP contribution in [0.3, 0.4) is 0 Å². The van der Waals surface area contributed by atoms with Gasteiger partial charge in [0.25, 0.3) is 5.91 Å². The molecule has 2 heterocycles. The van der Waals surface area contributed by atoms with Crippen molar-refractivity contribution in [1.29, 1.82) is 5.26 Å². The Bertz CT molecular complexity index is 1040. The Kier molecular flexibility index (Phi) is 5.66. The van der Waals surface area contributed by atoms with Crippen LogP contribution in [0.15, 0.2) is 24.3 Å². The summed E-state index contributed by atoms with van der Waals surface area (Å²) in [5.41, 5.74) is 0.968. The fraction of sp³-hybridized carbons (Fsp3) is 0.409. The number of fused-ring (bicyclic) bond motifs is 1. The number of hydrogen-bond donors (Lipinski definition) is 1. The summed E-state index contributed by atoms with van der Waals surface area (Å²) < 4.78 is 32.4. The van der Waals surface area contributed by atoms with Gasteiger partial charge in [-0.2, -0.15) is 5.26 Å². The number of carbonyl (C=O) groups excluding carboxylic acids is 2. The first-order valence-electron chi connectivity index (χ1n) is 9.61. The van der Waals surface area contributed by atoms with Gasteiger partial charge in [0.2, 0.25) is 0 Å². The van der Waals surface area contributed by atoms with Crippen molar-refractivity contribution in [2.75, 3.05) is 13.1 Å². The molecule has 1 amide bonds. The molecule has 1 N–H and O–H groups in total. The number of amides is 1. The Morgan fingerprint density at radius 2 is 1.97 bits per heavy atom. The molecule has 1 atom stereocenters. The van der Waals surface area contributed by atoms with Crippen molar-refractivity contribution in [3.05, 3.63) is 58.4 Å². The van der Waals surface area contributed by atoms with E-state index in [1.54, 1.807) is 19.9 Å². The lowest BCUT2D eigenvalue weighted by Gasteiger charge is -2.30. The van der Waals surface area contributed by atoms with E-state index in [0.717, 1.165) is 17.7 Å². The number of esters is 1. The highest BCUT2D eigenvalue weighted by atomic mass is 19.2. The lowest BCUT2D eigenvalue weighted by Crippen LogP contribution is -2.41. The van der Waals surface area contributed by atoms with Crippen LogP contribution in [0, 0.1) is 23.0 Å². The van der Waals surface area contributed by atoms with Crippen LogP contribution < -0.4 is 0 Å². The molecular weight excluding hydrogens is 392 g/mol. The van der Waals surface area contributed by atoms with E-state index in [4.69, 9.17) is 4.74 Å². The Morgan fingerprint density at radius 3 is 2.57 bits per heavy atom. The van der Waals surface area contributed by atoms with Gasteiger partial charge in [-0.1, -0.05) is 13.8 Å². The van der Waals surface area contributed by atoms with Gasteiger partial charge in [0.1, 0.15) is 17.7 Å². The molecule has 30 heavy (non-hydrogen) atoms. The molecular formula is C22H23F2N3O3. The fourth-order valence-electron chi connectivity index (χ4n) is 3.78. The normalized spacial score (nSPS) is 17.8. The van der Waals surface area contributed by atoms with Gasteiger partial charge in [0.05, 0.1) is 6.10 Å². The molecule has 1 aromatic heterocycles. The summed E-state index contributed by atoms with van der Waals surface area (Å²) in [4.78, 5) is 30.4. The predicted molar refractivity (Wildman–Crippen MR) is 105 cm³/mol. The van der Waals surface area contributed by atoms with Gasteiger partial charge >= 0.3 is 5.97 Å². The summed E-state index contributed by atoms with van der Waals surface area (Å²) in [6.45, 7) is 7.42. The molecule has 1 aliphatic heterocycles. The fourth-order valence-corrected chi connectivity index (χ4v) is 3.78. The molecule has 1 aliphatic rings. The van der Waals surface area contributed by atoms with Crippen molar-refractivity contribution in [2.24, 2.45) is 0 Å². The smallest absolute Gasteiger partial charge is 0.317 e. The summed E-state index contributed by atoms with van der Waals surface area (Å²) in [5.74, 6) is -4.05. The maximum atomic E-state index is 13.7. The van der Waals surface area contributed by atoms with Crippen LogP contribution >= 0.6 is 0 Å². The SMILES string of the molecule is CC(C)OC(=O)C1CN(C(=O)c2ccc(F)c(F)c2)CC(C)(C)c2cc(C#N)[nH]c21. The van der Waals surface area contributed by atoms with Crippen LogP contribution in [0.2, 0.25) is 0 Å². The van der Waals surface area contributed by atoms with Crippen LogP contribution in [0.1, 0.15) is 60.9 Å². The van der Waals surface area contributed by atoms with Gasteiger partial charge in [-0.05, 0) is 43.7 Å². The molecule has 0 saturated carbocycles. The Labute approximate surface area is 173 Å². The molecule has 158 valence electrons. The monoisotopic (exact) mass is 415 g/mol. The number of nitrogens with one attached hydrogen (secondary N) is 1. The number of aromatic nitrogens is 1.